The molecule has 14 heavy (non-hydrogen) atoms. The summed E-state index contributed by atoms with van der Waals surface area (Å²) >= 11 is 0. The van der Waals surface area contributed by atoms with Crippen molar-refractivity contribution in [2.24, 2.45) is 0 Å². The summed E-state index contributed by atoms with van der Waals surface area (Å²) < 4.78 is 5.08. The van der Waals surface area contributed by atoms with Crippen molar-refractivity contribution >= 4 is 0 Å². The van der Waals surface area contributed by atoms with Crippen LogP contribution in [0.5, 0.6) is 0 Å². The fourth-order valence-electron chi connectivity index (χ4n) is 1.34. The Morgan fingerprint density at radius 3 is 2.86 bits per heavy atom. The number of hydrogen-bond donors (Lipinski definition) is 2. The molecule has 0 aliphatic carbocycles. The zero-order chi connectivity index (χ0) is 10.4. The van der Waals surface area contributed by atoms with Gasteiger partial charge in [-0.2, -0.15) is 0 Å². The molecule has 0 fully saturated rings. The van der Waals surface area contributed by atoms with Gasteiger partial charge in [-0.15, -0.1) is 0 Å². The Morgan fingerprint density at radius 2 is 2.36 bits per heavy atom. The molecule has 80 valence electrons. The average Bonchev–Trinajstić information content (AvgIpc) is 2.69. The molecule has 0 spiro atoms. The number of hydrogen-bond acceptors (Lipinski definition) is 4. The maximum Gasteiger partial charge on any atom is 0.133 e. The molecule has 0 radical (unpaired) electrons. The van der Waals surface area contributed by atoms with E-state index in [2.05, 4.69) is 0 Å². The third-order valence-electron chi connectivity index (χ3n) is 2.17. The fraction of sp³-hybridized carbons (Fsp3) is 0.600. The summed E-state index contributed by atoms with van der Waals surface area (Å²) in [5.74, 6) is 0.571. The van der Waals surface area contributed by atoms with E-state index in [1.165, 1.54) is 0 Å². The highest BCUT2D eigenvalue weighted by atomic mass is 16.4. The number of rotatable bonds is 6. The second-order valence-electron chi connectivity index (χ2n) is 3.15. The predicted molar refractivity (Wildman–Crippen MR) is 52.9 cm³/mol. The minimum absolute atomic E-state index is 0.110. The van der Waals surface area contributed by atoms with Crippen LogP contribution in [0.1, 0.15) is 18.8 Å². The molecule has 4 nitrogen and oxygen atoms in total. The van der Waals surface area contributed by atoms with Gasteiger partial charge in [-0.05, 0) is 18.7 Å². The van der Waals surface area contributed by atoms with Crippen LogP contribution in [0, 0.1) is 0 Å². The molecule has 1 aromatic rings. The van der Waals surface area contributed by atoms with Gasteiger partial charge in [0, 0.05) is 13.1 Å². The molecule has 1 aromatic heterocycles. The normalized spacial score (nSPS) is 13.4. The number of furan rings is 1. The Bertz CT molecular complexity index is 236. The number of aliphatic hydroxyl groups is 2. The third-order valence-corrected chi connectivity index (χ3v) is 2.17. The Balaban J connectivity index is 2.42. The number of aliphatic hydroxyl groups excluding tert-OH is 2. The quantitative estimate of drug-likeness (QED) is 0.705. The van der Waals surface area contributed by atoms with Gasteiger partial charge in [0.1, 0.15) is 11.9 Å². The Labute approximate surface area is 83.8 Å². The summed E-state index contributed by atoms with van der Waals surface area (Å²) in [6.45, 7) is 3.97. The SMILES string of the molecule is CCN(CCO)CC(O)c1ccco1. The monoisotopic (exact) mass is 199 g/mol. The van der Waals surface area contributed by atoms with Gasteiger partial charge in [-0.25, -0.2) is 0 Å². The van der Waals surface area contributed by atoms with Gasteiger partial charge in [0.05, 0.1) is 12.9 Å². The molecule has 1 rings (SSSR count). The van der Waals surface area contributed by atoms with E-state index >= 15 is 0 Å². The van der Waals surface area contributed by atoms with Crippen LogP contribution in [0.4, 0.5) is 0 Å². The van der Waals surface area contributed by atoms with Gasteiger partial charge in [0.15, 0.2) is 0 Å². The van der Waals surface area contributed by atoms with Gasteiger partial charge in [0.2, 0.25) is 0 Å². The molecule has 0 saturated heterocycles. The molecule has 1 atom stereocenters. The zero-order valence-corrected chi connectivity index (χ0v) is 8.39. The Hall–Kier alpha value is -0.840. The molecule has 2 N–H and O–H groups in total. The van der Waals surface area contributed by atoms with Crippen molar-refractivity contribution in [3.8, 4) is 0 Å². The lowest BCUT2D eigenvalue weighted by molar-refractivity contribution is 0.0871. The second-order valence-corrected chi connectivity index (χ2v) is 3.15. The van der Waals surface area contributed by atoms with Gasteiger partial charge < -0.3 is 14.6 Å². The molecule has 4 heteroatoms. The molecule has 0 aromatic carbocycles. The minimum Gasteiger partial charge on any atom is -0.467 e. The van der Waals surface area contributed by atoms with Crippen LogP contribution >= 0.6 is 0 Å². The highest BCUT2D eigenvalue weighted by Crippen LogP contribution is 2.14. The van der Waals surface area contributed by atoms with Crippen molar-refractivity contribution in [2.45, 2.75) is 13.0 Å². The largest absolute Gasteiger partial charge is 0.467 e. The van der Waals surface area contributed by atoms with E-state index in [0.29, 0.717) is 18.8 Å². The lowest BCUT2D eigenvalue weighted by Gasteiger charge is -2.21. The van der Waals surface area contributed by atoms with Crippen LogP contribution in [0.15, 0.2) is 22.8 Å². The molecular formula is C10H17NO3. The minimum atomic E-state index is -0.614. The molecule has 0 saturated carbocycles. The highest BCUT2D eigenvalue weighted by Gasteiger charge is 2.13. The van der Waals surface area contributed by atoms with Crippen molar-refractivity contribution in [3.63, 3.8) is 0 Å². The smallest absolute Gasteiger partial charge is 0.133 e. The molecule has 1 heterocycles. The van der Waals surface area contributed by atoms with Crippen LogP contribution in [-0.4, -0.2) is 41.4 Å². The van der Waals surface area contributed by atoms with E-state index in [1.54, 1.807) is 18.4 Å². The summed E-state index contributed by atoms with van der Waals surface area (Å²) in [6, 6.07) is 3.50. The van der Waals surface area contributed by atoms with Crippen LogP contribution in [0.25, 0.3) is 0 Å². The molecule has 0 bridgehead atoms. The van der Waals surface area contributed by atoms with Gasteiger partial charge in [-0.1, -0.05) is 6.92 Å². The molecule has 0 aliphatic rings. The van der Waals surface area contributed by atoms with Crippen molar-refractivity contribution in [3.05, 3.63) is 24.2 Å². The lowest BCUT2D eigenvalue weighted by atomic mass is 10.2. The topological polar surface area (TPSA) is 56.8 Å². The Morgan fingerprint density at radius 1 is 1.57 bits per heavy atom. The van der Waals surface area contributed by atoms with E-state index in [4.69, 9.17) is 9.52 Å². The maximum atomic E-state index is 9.72. The van der Waals surface area contributed by atoms with Crippen LogP contribution in [0.3, 0.4) is 0 Å². The van der Waals surface area contributed by atoms with Gasteiger partial charge in [0.25, 0.3) is 0 Å². The van der Waals surface area contributed by atoms with Gasteiger partial charge >= 0.3 is 0 Å². The van der Waals surface area contributed by atoms with Crippen LogP contribution in [0.2, 0.25) is 0 Å². The van der Waals surface area contributed by atoms with Crippen molar-refractivity contribution in [2.75, 3.05) is 26.2 Å². The van der Waals surface area contributed by atoms with Crippen molar-refractivity contribution < 1.29 is 14.6 Å². The summed E-state index contributed by atoms with van der Waals surface area (Å²) in [6.07, 6.45) is 0.928. The first-order valence-corrected chi connectivity index (χ1v) is 4.82. The lowest BCUT2D eigenvalue weighted by Crippen LogP contribution is -2.31. The summed E-state index contributed by atoms with van der Waals surface area (Å²) in [5, 5.41) is 18.5. The molecule has 0 amide bonds. The average molecular weight is 199 g/mol. The van der Waals surface area contributed by atoms with E-state index in [-0.39, 0.29) is 6.61 Å². The Kier molecular flexibility index (Phi) is 4.65. The first-order chi connectivity index (χ1) is 6.77. The molecular weight excluding hydrogens is 182 g/mol. The van der Waals surface area contributed by atoms with E-state index in [9.17, 15) is 5.11 Å². The van der Waals surface area contributed by atoms with Crippen molar-refractivity contribution in [1.29, 1.82) is 0 Å². The summed E-state index contributed by atoms with van der Waals surface area (Å²) in [7, 11) is 0. The third kappa shape index (κ3) is 3.14. The van der Waals surface area contributed by atoms with Crippen LogP contribution < -0.4 is 0 Å². The maximum absolute atomic E-state index is 9.72. The second kappa shape index (κ2) is 5.80. The van der Waals surface area contributed by atoms with Gasteiger partial charge in [-0.3, -0.25) is 4.90 Å². The predicted octanol–water partition coefficient (Wildman–Crippen LogP) is 0.627. The van der Waals surface area contributed by atoms with E-state index in [0.717, 1.165) is 6.54 Å². The first-order valence-electron chi connectivity index (χ1n) is 4.82. The molecule has 0 aliphatic heterocycles. The number of likely N-dealkylation sites (N-methyl/N-ethyl adjacent to an activating group) is 1. The van der Waals surface area contributed by atoms with E-state index < -0.39 is 6.10 Å². The summed E-state index contributed by atoms with van der Waals surface area (Å²) in [5.41, 5.74) is 0. The van der Waals surface area contributed by atoms with Crippen LogP contribution in [-0.2, 0) is 0 Å². The number of nitrogens with zero attached hydrogens (tertiary/aromatic N) is 1. The summed E-state index contributed by atoms with van der Waals surface area (Å²) in [4.78, 5) is 1.97. The van der Waals surface area contributed by atoms with Crippen molar-refractivity contribution in [1.82, 2.24) is 4.90 Å². The first kappa shape index (κ1) is 11.2. The molecule has 1 unspecified atom stereocenters. The zero-order valence-electron chi connectivity index (χ0n) is 8.39. The highest BCUT2D eigenvalue weighted by molar-refractivity contribution is 5.02. The fourth-order valence-corrected chi connectivity index (χ4v) is 1.34. The standard InChI is InChI=1S/C10H17NO3/c1-2-11(5-6-12)8-9(13)10-4-3-7-14-10/h3-4,7,9,12-13H,2,5-6,8H2,1H3. The van der Waals surface area contributed by atoms with E-state index in [1.807, 2.05) is 11.8 Å².